The standard InChI is InChI=1S/C25H28N4O4S/c1-3-27-24(32)21(15-22(30)26-18-8-12-20(33-2)13-9-18)29(25(27)34)16-17-6-10-19(11-7-17)28-14-4-5-23(28)31/h6-13,21H,3-5,14-16H2,1-2H3,(H,26,30). The summed E-state index contributed by atoms with van der Waals surface area (Å²) in [7, 11) is 1.58. The maximum absolute atomic E-state index is 13.0. The molecule has 0 radical (unpaired) electrons. The number of carbonyl (C=O) groups excluding carboxylic acids is 3. The summed E-state index contributed by atoms with van der Waals surface area (Å²) in [5, 5.41) is 3.27. The van der Waals surface area contributed by atoms with Crippen molar-refractivity contribution in [2.75, 3.05) is 30.4 Å². The second kappa shape index (κ2) is 10.2. The fourth-order valence-corrected chi connectivity index (χ4v) is 4.73. The van der Waals surface area contributed by atoms with Gasteiger partial charge < -0.3 is 19.9 Å². The molecule has 2 fully saturated rings. The van der Waals surface area contributed by atoms with Gasteiger partial charge in [-0.3, -0.25) is 19.3 Å². The number of carbonyl (C=O) groups is 3. The van der Waals surface area contributed by atoms with Crippen molar-refractivity contribution in [3.05, 3.63) is 54.1 Å². The maximum atomic E-state index is 13.0. The van der Waals surface area contributed by atoms with Crippen LogP contribution in [0.25, 0.3) is 0 Å². The van der Waals surface area contributed by atoms with Gasteiger partial charge in [0.05, 0.1) is 13.5 Å². The number of amides is 3. The van der Waals surface area contributed by atoms with Crippen LogP contribution in [0, 0.1) is 0 Å². The Morgan fingerprint density at radius 1 is 1.12 bits per heavy atom. The van der Waals surface area contributed by atoms with E-state index < -0.39 is 6.04 Å². The van der Waals surface area contributed by atoms with Gasteiger partial charge in [0.15, 0.2) is 5.11 Å². The molecule has 0 aromatic heterocycles. The van der Waals surface area contributed by atoms with Gasteiger partial charge in [-0.05, 0) is 67.5 Å². The van der Waals surface area contributed by atoms with Crippen LogP contribution in [0.15, 0.2) is 48.5 Å². The van der Waals surface area contributed by atoms with Crippen molar-refractivity contribution in [2.24, 2.45) is 0 Å². The Balaban J connectivity index is 1.46. The van der Waals surface area contributed by atoms with E-state index >= 15 is 0 Å². The molecule has 8 nitrogen and oxygen atoms in total. The van der Waals surface area contributed by atoms with Crippen LogP contribution in [0.5, 0.6) is 5.75 Å². The zero-order valence-corrected chi connectivity index (χ0v) is 20.1. The molecular formula is C25H28N4O4S. The molecule has 2 heterocycles. The number of nitrogens with zero attached hydrogens (tertiary/aromatic N) is 3. The SMILES string of the molecule is CCN1C(=O)C(CC(=O)Nc2ccc(OC)cc2)N(Cc2ccc(N3CCCC3=O)cc2)C1=S. The molecule has 1 unspecified atom stereocenters. The molecule has 9 heteroatoms. The van der Waals surface area contributed by atoms with Gasteiger partial charge in [0.2, 0.25) is 11.8 Å². The van der Waals surface area contributed by atoms with Gasteiger partial charge in [-0.25, -0.2) is 0 Å². The van der Waals surface area contributed by atoms with Crippen molar-refractivity contribution in [3.8, 4) is 5.75 Å². The first kappa shape index (κ1) is 23.7. The maximum Gasteiger partial charge on any atom is 0.252 e. The zero-order chi connectivity index (χ0) is 24.2. The van der Waals surface area contributed by atoms with Crippen LogP contribution in [0.4, 0.5) is 11.4 Å². The highest BCUT2D eigenvalue weighted by Crippen LogP contribution is 2.26. The number of anilines is 2. The van der Waals surface area contributed by atoms with E-state index in [0.29, 0.717) is 36.1 Å². The average Bonchev–Trinajstić information content (AvgIpc) is 3.36. The van der Waals surface area contributed by atoms with Crippen molar-refractivity contribution in [2.45, 2.75) is 38.8 Å². The van der Waals surface area contributed by atoms with Gasteiger partial charge in [0.1, 0.15) is 11.8 Å². The van der Waals surface area contributed by atoms with Crippen LogP contribution >= 0.6 is 12.2 Å². The largest absolute Gasteiger partial charge is 0.497 e. The molecule has 2 aromatic rings. The highest BCUT2D eigenvalue weighted by Gasteiger charge is 2.42. The summed E-state index contributed by atoms with van der Waals surface area (Å²) in [4.78, 5) is 43.0. The van der Waals surface area contributed by atoms with E-state index in [9.17, 15) is 14.4 Å². The molecule has 2 saturated heterocycles. The van der Waals surface area contributed by atoms with Crippen LogP contribution in [-0.2, 0) is 20.9 Å². The summed E-state index contributed by atoms with van der Waals surface area (Å²) in [6.07, 6.45) is 1.44. The summed E-state index contributed by atoms with van der Waals surface area (Å²) >= 11 is 5.59. The lowest BCUT2D eigenvalue weighted by atomic mass is 10.1. The fourth-order valence-electron chi connectivity index (χ4n) is 4.32. The Labute approximate surface area is 204 Å². The first-order valence-corrected chi connectivity index (χ1v) is 11.8. The molecule has 4 rings (SSSR count). The number of rotatable bonds is 8. The molecule has 0 saturated carbocycles. The van der Waals surface area contributed by atoms with Crippen LogP contribution < -0.4 is 15.0 Å². The zero-order valence-electron chi connectivity index (χ0n) is 19.3. The summed E-state index contributed by atoms with van der Waals surface area (Å²) in [5.41, 5.74) is 2.45. The first-order chi connectivity index (χ1) is 16.4. The van der Waals surface area contributed by atoms with E-state index in [1.54, 1.807) is 36.3 Å². The third-order valence-electron chi connectivity index (χ3n) is 6.15. The number of benzene rings is 2. The topological polar surface area (TPSA) is 82.2 Å². The summed E-state index contributed by atoms with van der Waals surface area (Å²) in [6, 6.07) is 14.1. The second-order valence-electron chi connectivity index (χ2n) is 8.30. The van der Waals surface area contributed by atoms with Gasteiger partial charge in [-0.1, -0.05) is 12.1 Å². The number of nitrogens with one attached hydrogen (secondary N) is 1. The van der Waals surface area contributed by atoms with E-state index in [1.165, 1.54) is 4.90 Å². The molecule has 2 aliphatic rings. The molecule has 2 aliphatic heterocycles. The van der Waals surface area contributed by atoms with Gasteiger partial charge in [0, 0.05) is 37.4 Å². The highest BCUT2D eigenvalue weighted by molar-refractivity contribution is 7.80. The molecule has 0 aliphatic carbocycles. The first-order valence-electron chi connectivity index (χ1n) is 11.4. The Hall–Kier alpha value is -3.46. The molecule has 2 aromatic carbocycles. The fraction of sp³-hybridized carbons (Fsp3) is 0.360. The minimum absolute atomic E-state index is 0.0120. The van der Waals surface area contributed by atoms with E-state index in [0.717, 1.165) is 24.2 Å². The number of hydrogen-bond donors (Lipinski definition) is 1. The van der Waals surface area contributed by atoms with Crippen LogP contribution in [0.3, 0.4) is 0 Å². The molecule has 1 N–H and O–H groups in total. The summed E-state index contributed by atoms with van der Waals surface area (Å²) in [6.45, 7) is 3.44. The smallest absolute Gasteiger partial charge is 0.252 e. The third-order valence-corrected chi connectivity index (χ3v) is 6.60. The minimum Gasteiger partial charge on any atom is -0.497 e. The van der Waals surface area contributed by atoms with E-state index in [2.05, 4.69) is 5.32 Å². The average molecular weight is 481 g/mol. The van der Waals surface area contributed by atoms with Gasteiger partial charge in [-0.2, -0.15) is 0 Å². The molecule has 34 heavy (non-hydrogen) atoms. The quantitative estimate of drug-likeness (QED) is 0.585. The molecule has 0 spiro atoms. The lowest BCUT2D eigenvalue weighted by molar-refractivity contribution is -0.130. The Kier molecular flexibility index (Phi) is 7.12. The van der Waals surface area contributed by atoms with Gasteiger partial charge in [-0.15, -0.1) is 0 Å². The van der Waals surface area contributed by atoms with E-state index in [-0.39, 0.29) is 24.1 Å². The highest BCUT2D eigenvalue weighted by atomic mass is 32.1. The number of methoxy groups -OCH3 is 1. The lowest BCUT2D eigenvalue weighted by Gasteiger charge is -2.24. The predicted molar refractivity (Wildman–Crippen MR) is 134 cm³/mol. The molecule has 178 valence electrons. The second-order valence-corrected chi connectivity index (χ2v) is 8.67. The Bertz CT molecular complexity index is 1090. The van der Waals surface area contributed by atoms with Crippen molar-refractivity contribution >= 4 is 46.4 Å². The third kappa shape index (κ3) is 4.89. The minimum atomic E-state index is -0.675. The van der Waals surface area contributed by atoms with Crippen LogP contribution in [0.2, 0.25) is 0 Å². The Morgan fingerprint density at radius 2 is 1.82 bits per heavy atom. The molecule has 1 atom stereocenters. The number of thiocarbonyl (C=S) groups is 1. The number of likely N-dealkylation sites (N-methyl/N-ethyl adjacent to an activating group) is 1. The summed E-state index contributed by atoms with van der Waals surface area (Å²) in [5.74, 6) is 0.397. The van der Waals surface area contributed by atoms with Crippen molar-refractivity contribution in [3.63, 3.8) is 0 Å². The molecular weight excluding hydrogens is 452 g/mol. The molecule has 3 amide bonds. The van der Waals surface area contributed by atoms with Crippen molar-refractivity contribution in [1.29, 1.82) is 0 Å². The van der Waals surface area contributed by atoms with E-state index in [4.69, 9.17) is 17.0 Å². The summed E-state index contributed by atoms with van der Waals surface area (Å²) < 4.78 is 5.14. The van der Waals surface area contributed by atoms with Crippen LogP contribution in [-0.4, -0.2) is 58.9 Å². The lowest BCUT2D eigenvalue weighted by Crippen LogP contribution is -2.37. The molecule has 0 bridgehead atoms. The van der Waals surface area contributed by atoms with Gasteiger partial charge >= 0.3 is 0 Å². The predicted octanol–water partition coefficient (Wildman–Crippen LogP) is 3.17. The monoisotopic (exact) mass is 480 g/mol. The van der Waals surface area contributed by atoms with Crippen molar-refractivity contribution in [1.82, 2.24) is 9.80 Å². The van der Waals surface area contributed by atoms with Gasteiger partial charge in [0.25, 0.3) is 5.91 Å². The Morgan fingerprint density at radius 3 is 2.41 bits per heavy atom. The normalized spacial score (nSPS) is 18.1. The van der Waals surface area contributed by atoms with E-state index in [1.807, 2.05) is 36.1 Å². The van der Waals surface area contributed by atoms with Crippen molar-refractivity contribution < 1.29 is 19.1 Å². The number of ether oxygens (including phenoxy) is 1. The van der Waals surface area contributed by atoms with Crippen LogP contribution in [0.1, 0.15) is 31.7 Å². The number of hydrogen-bond acceptors (Lipinski definition) is 5.